The molecule has 0 radical (unpaired) electrons. The number of rotatable bonds is 5. The highest BCUT2D eigenvalue weighted by Crippen LogP contribution is 2.05. The van der Waals surface area contributed by atoms with Crippen LogP contribution in [0.15, 0.2) is 0 Å². The maximum absolute atomic E-state index is 11.2. The van der Waals surface area contributed by atoms with E-state index in [1.165, 1.54) is 0 Å². The normalized spacial score (nSPS) is 10.8. The fourth-order valence-corrected chi connectivity index (χ4v) is 0.822. The third kappa shape index (κ3) is 9.26. The second kappa shape index (κ2) is 7.05. The van der Waals surface area contributed by atoms with E-state index >= 15 is 0 Å². The molecule has 0 atom stereocenters. The van der Waals surface area contributed by atoms with Gasteiger partial charge < -0.3 is 20.1 Å². The van der Waals surface area contributed by atoms with Crippen LogP contribution in [0.4, 0.5) is 4.79 Å². The van der Waals surface area contributed by atoms with Crippen molar-refractivity contribution < 1.29 is 19.1 Å². The first-order valence-corrected chi connectivity index (χ1v) is 5.07. The summed E-state index contributed by atoms with van der Waals surface area (Å²) in [6.07, 6.45) is -0.602. The zero-order valence-corrected chi connectivity index (χ0v) is 10.3. The van der Waals surface area contributed by atoms with Crippen molar-refractivity contribution in [2.75, 3.05) is 26.8 Å². The molecule has 0 fully saturated rings. The van der Waals surface area contributed by atoms with Gasteiger partial charge in [-0.3, -0.25) is 4.79 Å². The summed E-state index contributed by atoms with van der Waals surface area (Å²) in [4.78, 5) is 22.3. The Morgan fingerprint density at radius 3 is 2.31 bits per heavy atom. The van der Waals surface area contributed by atoms with E-state index in [1.54, 1.807) is 27.9 Å². The van der Waals surface area contributed by atoms with Crippen LogP contribution in [0.1, 0.15) is 20.8 Å². The molecule has 0 saturated heterocycles. The molecule has 0 heterocycles. The molecule has 0 aliphatic rings. The van der Waals surface area contributed by atoms with Gasteiger partial charge in [0.05, 0.1) is 13.2 Å². The highest BCUT2D eigenvalue weighted by molar-refractivity contribution is 5.82. The Labute approximate surface area is 95.7 Å². The van der Waals surface area contributed by atoms with Gasteiger partial charge in [-0.2, -0.15) is 0 Å². The van der Waals surface area contributed by atoms with Gasteiger partial charge in [-0.15, -0.1) is 0 Å². The van der Waals surface area contributed by atoms with Gasteiger partial charge in [0.1, 0.15) is 5.60 Å². The van der Waals surface area contributed by atoms with E-state index in [9.17, 15) is 9.59 Å². The molecule has 0 spiro atoms. The fourth-order valence-electron chi connectivity index (χ4n) is 0.822. The summed E-state index contributed by atoms with van der Waals surface area (Å²) in [6.45, 7) is 6.03. The summed E-state index contributed by atoms with van der Waals surface area (Å²) in [7, 11) is 1.55. The lowest BCUT2D eigenvalue weighted by molar-refractivity contribution is -0.120. The number of methoxy groups -OCH3 is 1. The first-order chi connectivity index (χ1) is 7.35. The number of amides is 2. The van der Waals surface area contributed by atoms with Crippen molar-refractivity contribution in [3.63, 3.8) is 0 Å². The molecular formula is C10H20N2O4. The SMILES string of the molecule is COCCNC(=O)CNC(=O)OC(C)(C)C. The summed E-state index contributed by atoms with van der Waals surface area (Å²) in [5.74, 6) is -0.275. The zero-order valence-electron chi connectivity index (χ0n) is 10.3. The van der Waals surface area contributed by atoms with E-state index in [0.717, 1.165) is 0 Å². The molecule has 0 unspecified atom stereocenters. The minimum absolute atomic E-state index is 0.0986. The molecule has 0 aliphatic heterocycles. The molecule has 94 valence electrons. The molecule has 0 bridgehead atoms. The third-order valence-corrected chi connectivity index (χ3v) is 1.42. The standard InChI is InChI=1S/C10H20N2O4/c1-10(2,3)16-9(14)12-7-8(13)11-5-6-15-4/h5-7H2,1-4H3,(H,11,13)(H,12,14). The Bertz CT molecular complexity index is 235. The number of nitrogens with one attached hydrogen (secondary N) is 2. The number of hydrogen-bond donors (Lipinski definition) is 2. The Hall–Kier alpha value is -1.30. The molecule has 6 nitrogen and oxygen atoms in total. The Morgan fingerprint density at radius 2 is 1.81 bits per heavy atom. The third-order valence-electron chi connectivity index (χ3n) is 1.42. The molecule has 0 aromatic rings. The average Bonchev–Trinajstić information content (AvgIpc) is 2.12. The van der Waals surface area contributed by atoms with Crippen molar-refractivity contribution in [2.45, 2.75) is 26.4 Å². The van der Waals surface area contributed by atoms with Crippen LogP contribution < -0.4 is 10.6 Å². The summed E-state index contributed by atoms with van der Waals surface area (Å²) in [5, 5.41) is 4.92. The molecule has 6 heteroatoms. The highest BCUT2D eigenvalue weighted by atomic mass is 16.6. The van der Waals surface area contributed by atoms with Crippen LogP contribution in [-0.4, -0.2) is 44.4 Å². The number of ether oxygens (including phenoxy) is 2. The average molecular weight is 232 g/mol. The van der Waals surface area contributed by atoms with Crippen molar-refractivity contribution >= 4 is 12.0 Å². The molecule has 0 rings (SSSR count). The summed E-state index contributed by atoms with van der Waals surface area (Å²) in [5.41, 5.74) is -0.559. The smallest absolute Gasteiger partial charge is 0.408 e. The van der Waals surface area contributed by atoms with E-state index in [4.69, 9.17) is 9.47 Å². The lowest BCUT2D eigenvalue weighted by atomic mass is 10.2. The second-order valence-electron chi connectivity index (χ2n) is 4.20. The first-order valence-electron chi connectivity index (χ1n) is 5.07. The Kier molecular flexibility index (Phi) is 6.48. The van der Waals surface area contributed by atoms with E-state index < -0.39 is 11.7 Å². The van der Waals surface area contributed by atoms with E-state index in [2.05, 4.69) is 10.6 Å². The van der Waals surface area contributed by atoms with Crippen molar-refractivity contribution in [3.05, 3.63) is 0 Å². The van der Waals surface area contributed by atoms with E-state index in [1.807, 2.05) is 0 Å². The number of carbonyl (C=O) groups is 2. The molecule has 0 aromatic heterocycles. The minimum atomic E-state index is -0.602. The molecule has 2 N–H and O–H groups in total. The van der Waals surface area contributed by atoms with Crippen molar-refractivity contribution in [1.82, 2.24) is 10.6 Å². The van der Waals surface area contributed by atoms with Gasteiger partial charge in [-0.25, -0.2) is 4.79 Å². The van der Waals surface area contributed by atoms with Gasteiger partial charge in [0.15, 0.2) is 0 Å². The van der Waals surface area contributed by atoms with Crippen LogP contribution in [0.3, 0.4) is 0 Å². The number of carbonyl (C=O) groups excluding carboxylic acids is 2. The maximum atomic E-state index is 11.2. The summed E-state index contributed by atoms with van der Waals surface area (Å²) < 4.78 is 9.72. The Balaban J connectivity index is 3.63. The van der Waals surface area contributed by atoms with Gasteiger partial charge in [0.25, 0.3) is 0 Å². The highest BCUT2D eigenvalue weighted by Gasteiger charge is 2.16. The topological polar surface area (TPSA) is 76.7 Å². The van der Waals surface area contributed by atoms with Crippen molar-refractivity contribution in [3.8, 4) is 0 Å². The molecule has 0 aliphatic carbocycles. The van der Waals surface area contributed by atoms with Gasteiger partial charge >= 0.3 is 6.09 Å². The van der Waals surface area contributed by atoms with Gasteiger partial charge in [-0.1, -0.05) is 0 Å². The second-order valence-corrected chi connectivity index (χ2v) is 4.20. The maximum Gasteiger partial charge on any atom is 0.408 e. The lowest BCUT2D eigenvalue weighted by Crippen LogP contribution is -2.40. The predicted octanol–water partition coefficient (Wildman–Crippen LogP) is 0.274. The molecule has 0 saturated carbocycles. The minimum Gasteiger partial charge on any atom is -0.444 e. The zero-order chi connectivity index (χ0) is 12.6. The fraction of sp³-hybridized carbons (Fsp3) is 0.800. The molecule has 2 amide bonds. The van der Waals surface area contributed by atoms with Gasteiger partial charge in [0.2, 0.25) is 5.91 Å². The molecule has 16 heavy (non-hydrogen) atoms. The number of hydrogen-bond acceptors (Lipinski definition) is 4. The van der Waals surface area contributed by atoms with Crippen LogP contribution in [0, 0.1) is 0 Å². The Morgan fingerprint density at radius 1 is 1.19 bits per heavy atom. The van der Waals surface area contributed by atoms with Crippen LogP contribution in [-0.2, 0) is 14.3 Å². The van der Waals surface area contributed by atoms with Crippen LogP contribution in [0.25, 0.3) is 0 Å². The predicted molar refractivity (Wildman–Crippen MR) is 59.1 cm³/mol. The number of alkyl carbamates (subject to hydrolysis) is 1. The van der Waals surface area contributed by atoms with Gasteiger partial charge in [0, 0.05) is 13.7 Å². The lowest BCUT2D eigenvalue weighted by Gasteiger charge is -2.19. The van der Waals surface area contributed by atoms with Crippen LogP contribution in [0.2, 0.25) is 0 Å². The quantitative estimate of drug-likeness (QED) is 0.667. The van der Waals surface area contributed by atoms with Gasteiger partial charge in [-0.05, 0) is 20.8 Å². The molecule has 0 aromatic carbocycles. The van der Waals surface area contributed by atoms with E-state index in [-0.39, 0.29) is 12.5 Å². The van der Waals surface area contributed by atoms with E-state index in [0.29, 0.717) is 13.2 Å². The van der Waals surface area contributed by atoms with Crippen LogP contribution >= 0.6 is 0 Å². The first kappa shape index (κ1) is 14.7. The van der Waals surface area contributed by atoms with Crippen LogP contribution in [0.5, 0.6) is 0 Å². The monoisotopic (exact) mass is 232 g/mol. The summed E-state index contributed by atoms with van der Waals surface area (Å²) >= 11 is 0. The van der Waals surface area contributed by atoms with Crippen molar-refractivity contribution in [2.24, 2.45) is 0 Å². The summed E-state index contributed by atoms with van der Waals surface area (Å²) in [6, 6.07) is 0. The molecular weight excluding hydrogens is 212 g/mol. The van der Waals surface area contributed by atoms with Crippen molar-refractivity contribution in [1.29, 1.82) is 0 Å². The largest absolute Gasteiger partial charge is 0.444 e.